The molecule has 0 aliphatic rings. The fourth-order valence-electron chi connectivity index (χ4n) is 1.49. The van der Waals surface area contributed by atoms with Gasteiger partial charge in [0.15, 0.2) is 0 Å². The van der Waals surface area contributed by atoms with E-state index in [9.17, 15) is 8.78 Å². The van der Waals surface area contributed by atoms with Gasteiger partial charge in [-0.05, 0) is 64.2 Å². The summed E-state index contributed by atoms with van der Waals surface area (Å²) in [5.74, 6) is -0.901. The van der Waals surface area contributed by atoms with Crippen molar-refractivity contribution in [2.45, 2.75) is 12.3 Å². The Hall–Kier alpha value is -0.200. The van der Waals surface area contributed by atoms with Crippen molar-refractivity contribution in [3.63, 3.8) is 0 Å². The predicted molar refractivity (Wildman–Crippen MR) is 75.8 cm³/mol. The van der Waals surface area contributed by atoms with Gasteiger partial charge in [0.05, 0.1) is 8.26 Å². The molecule has 90 valence electrons. The van der Waals surface area contributed by atoms with Crippen LogP contribution in [0.25, 0.3) is 0 Å². The standard InChI is InChI=1S/C12H8ClF2IS/c1-6-2-10(15)8(4-9(6)14)12(13)7-3-11(16)17-5-7/h2-5,12H,1H3. The lowest BCUT2D eigenvalue weighted by molar-refractivity contribution is 0.580. The highest BCUT2D eigenvalue weighted by molar-refractivity contribution is 14.1. The molecule has 1 atom stereocenters. The number of thiophene rings is 1. The molecule has 0 fully saturated rings. The Labute approximate surface area is 121 Å². The first-order valence-corrected chi connectivity index (χ1v) is 7.22. The van der Waals surface area contributed by atoms with Crippen LogP contribution in [0.15, 0.2) is 23.6 Å². The molecule has 0 amide bonds. The molecule has 1 aromatic heterocycles. The highest BCUT2D eigenvalue weighted by Crippen LogP contribution is 2.34. The van der Waals surface area contributed by atoms with Gasteiger partial charge in [0.2, 0.25) is 0 Å². The molecule has 0 bridgehead atoms. The number of hydrogen-bond acceptors (Lipinski definition) is 1. The molecule has 1 unspecified atom stereocenters. The number of benzene rings is 1. The summed E-state index contributed by atoms with van der Waals surface area (Å²) in [7, 11) is 0. The summed E-state index contributed by atoms with van der Waals surface area (Å²) < 4.78 is 28.2. The highest BCUT2D eigenvalue weighted by atomic mass is 127. The van der Waals surface area contributed by atoms with E-state index in [1.807, 2.05) is 11.4 Å². The summed E-state index contributed by atoms with van der Waals surface area (Å²) in [5.41, 5.74) is 1.27. The Bertz CT molecular complexity index is 553. The van der Waals surface area contributed by atoms with Gasteiger partial charge < -0.3 is 0 Å². The lowest BCUT2D eigenvalue weighted by atomic mass is 10.0. The second kappa shape index (κ2) is 5.20. The van der Waals surface area contributed by atoms with Crippen molar-refractivity contribution in [1.29, 1.82) is 0 Å². The summed E-state index contributed by atoms with van der Waals surface area (Å²) >= 11 is 9.86. The molecule has 1 heterocycles. The zero-order valence-electron chi connectivity index (χ0n) is 8.81. The fourth-order valence-corrected chi connectivity index (χ4v) is 3.26. The van der Waals surface area contributed by atoms with Crippen molar-refractivity contribution in [2.75, 3.05) is 0 Å². The van der Waals surface area contributed by atoms with Crippen LogP contribution in [0.1, 0.15) is 22.1 Å². The second-order valence-electron chi connectivity index (χ2n) is 3.67. The van der Waals surface area contributed by atoms with Gasteiger partial charge in [0.1, 0.15) is 11.6 Å². The molecule has 0 aliphatic heterocycles. The average Bonchev–Trinajstić information content (AvgIpc) is 2.69. The molecule has 0 saturated heterocycles. The summed E-state index contributed by atoms with van der Waals surface area (Å²) in [6.07, 6.45) is 0. The van der Waals surface area contributed by atoms with Crippen molar-refractivity contribution in [2.24, 2.45) is 0 Å². The molecule has 0 nitrogen and oxygen atoms in total. The van der Waals surface area contributed by atoms with E-state index in [0.29, 0.717) is 0 Å². The SMILES string of the molecule is Cc1cc(F)c(C(Cl)c2csc(I)c2)cc1F. The molecule has 0 radical (unpaired) electrons. The van der Waals surface area contributed by atoms with E-state index in [-0.39, 0.29) is 11.1 Å². The van der Waals surface area contributed by atoms with E-state index in [1.54, 1.807) is 0 Å². The smallest absolute Gasteiger partial charge is 0.128 e. The van der Waals surface area contributed by atoms with E-state index < -0.39 is 17.0 Å². The first kappa shape index (κ1) is 13.2. The zero-order chi connectivity index (χ0) is 12.6. The van der Waals surface area contributed by atoms with Crippen LogP contribution in [-0.4, -0.2) is 0 Å². The predicted octanol–water partition coefficient (Wildman–Crippen LogP) is 5.27. The molecule has 0 spiro atoms. The molecular formula is C12H8ClF2IS. The van der Waals surface area contributed by atoms with Crippen LogP contribution in [0.2, 0.25) is 0 Å². The van der Waals surface area contributed by atoms with Crippen LogP contribution in [0, 0.1) is 21.4 Å². The minimum atomic E-state index is -0.648. The normalized spacial score (nSPS) is 12.8. The van der Waals surface area contributed by atoms with Crippen molar-refractivity contribution in [3.8, 4) is 0 Å². The van der Waals surface area contributed by atoms with E-state index in [1.165, 1.54) is 30.4 Å². The first-order valence-electron chi connectivity index (χ1n) is 4.82. The van der Waals surface area contributed by atoms with Crippen molar-refractivity contribution < 1.29 is 8.78 Å². The maximum absolute atomic E-state index is 13.7. The minimum Gasteiger partial charge on any atom is -0.207 e. The maximum atomic E-state index is 13.7. The molecule has 0 N–H and O–H groups in total. The molecule has 5 heteroatoms. The molecule has 0 saturated carbocycles. The molecule has 2 aromatic rings. The Morgan fingerprint density at radius 2 is 1.94 bits per heavy atom. The van der Waals surface area contributed by atoms with Gasteiger partial charge in [-0.3, -0.25) is 0 Å². The van der Waals surface area contributed by atoms with Crippen LogP contribution in [0.4, 0.5) is 8.78 Å². The van der Waals surface area contributed by atoms with Gasteiger partial charge in [-0.25, -0.2) is 8.78 Å². The summed E-state index contributed by atoms with van der Waals surface area (Å²) in [6, 6.07) is 4.23. The zero-order valence-corrected chi connectivity index (χ0v) is 12.5. The van der Waals surface area contributed by atoms with Crippen molar-refractivity contribution >= 4 is 45.5 Å². The topological polar surface area (TPSA) is 0 Å². The molecule has 1 aromatic carbocycles. The summed E-state index contributed by atoms with van der Waals surface area (Å²) in [5, 5.41) is 1.21. The Morgan fingerprint density at radius 3 is 2.53 bits per heavy atom. The quantitative estimate of drug-likeness (QED) is 0.489. The average molecular weight is 385 g/mol. The summed E-state index contributed by atoms with van der Waals surface area (Å²) in [4.78, 5) is 0. The minimum absolute atomic E-state index is 0.184. The van der Waals surface area contributed by atoms with Gasteiger partial charge in [0, 0.05) is 5.56 Å². The number of aryl methyl sites for hydroxylation is 1. The third-order valence-electron chi connectivity index (χ3n) is 2.43. The van der Waals surface area contributed by atoms with E-state index in [4.69, 9.17) is 11.6 Å². The fraction of sp³-hybridized carbons (Fsp3) is 0.167. The lowest BCUT2D eigenvalue weighted by Gasteiger charge is -2.10. The van der Waals surface area contributed by atoms with E-state index >= 15 is 0 Å². The Kier molecular flexibility index (Phi) is 4.05. The van der Waals surface area contributed by atoms with Crippen LogP contribution in [-0.2, 0) is 0 Å². The first-order chi connectivity index (χ1) is 7.99. The number of halogens is 4. The number of rotatable bonds is 2. The molecule has 2 rings (SSSR count). The maximum Gasteiger partial charge on any atom is 0.128 e. The molecule has 0 aliphatic carbocycles. The van der Waals surface area contributed by atoms with Crippen LogP contribution >= 0.6 is 45.5 Å². The van der Waals surface area contributed by atoms with Gasteiger partial charge in [-0.2, -0.15) is 0 Å². The van der Waals surface area contributed by atoms with Gasteiger partial charge in [-0.15, -0.1) is 22.9 Å². The molecular weight excluding hydrogens is 377 g/mol. The van der Waals surface area contributed by atoms with Crippen LogP contribution < -0.4 is 0 Å². The largest absolute Gasteiger partial charge is 0.207 e. The van der Waals surface area contributed by atoms with Crippen LogP contribution in [0.3, 0.4) is 0 Å². The van der Waals surface area contributed by atoms with Gasteiger partial charge in [-0.1, -0.05) is 0 Å². The summed E-state index contributed by atoms with van der Waals surface area (Å²) in [6.45, 7) is 1.53. The second-order valence-corrected chi connectivity index (χ2v) is 6.91. The highest BCUT2D eigenvalue weighted by Gasteiger charge is 2.18. The Morgan fingerprint density at radius 1 is 1.24 bits per heavy atom. The van der Waals surface area contributed by atoms with Gasteiger partial charge >= 0.3 is 0 Å². The Balaban J connectivity index is 2.43. The number of alkyl halides is 1. The van der Waals surface area contributed by atoms with E-state index in [2.05, 4.69) is 22.6 Å². The number of hydrogen-bond donors (Lipinski definition) is 0. The van der Waals surface area contributed by atoms with Crippen LogP contribution in [0.5, 0.6) is 0 Å². The van der Waals surface area contributed by atoms with Gasteiger partial charge in [0.25, 0.3) is 0 Å². The third kappa shape index (κ3) is 2.80. The van der Waals surface area contributed by atoms with E-state index in [0.717, 1.165) is 8.45 Å². The van der Waals surface area contributed by atoms with Crippen molar-refractivity contribution in [1.82, 2.24) is 0 Å². The lowest BCUT2D eigenvalue weighted by Crippen LogP contribution is -1.98. The monoisotopic (exact) mass is 384 g/mol. The van der Waals surface area contributed by atoms with Crippen molar-refractivity contribution in [3.05, 3.63) is 54.8 Å². The molecule has 17 heavy (non-hydrogen) atoms. The third-order valence-corrected chi connectivity index (χ3v) is 4.73.